The van der Waals surface area contributed by atoms with Gasteiger partial charge in [0.2, 0.25) is 0 Å². The van der Waals surface area contributed by atoms with Gasteiger partial charge in [-0.25, -0.2) is 4.39 Å². The first-order chi connectivity index (χ1) is 15.1. The number of nitrogens with one attached hydrogen (secondary N) is 2. The van der Waals surface area contributed by atoms with Crippen molar-refractivity contribution in [2.45, 2.75) is 13.1 Å². The van der Waals surface area contributed by atoms with Crippen LogP contribution in [0.3, 0.4) is 0 Å². The third kappa shape index (κ3) is 4.34. The summed E-state index contributed by atoms with van der Waals surface area (Å²) in [6.45, 7) is 0.524. The summed E-state index contributed by atoms with van der Waals surface area (Å²) in [4.78, 5) is 12.8. The van der Waals surface area contributed by atoms with Crippen molar-refractivity contribution in [3.8, 4) is 5.75 Å². The Morgan fingerprint density at radius 1 is 1.16 bits per heavy atom. The van der Waals surface area contributed by atoms with E-state index in [1.807, 2.05) is 12.2 Å². The molecule has 4 N–H and O–H groups in total. The van der Waals surface area contributed by atoms with Crippen molar-refractivity contribution in [2.75, 3.05) is 7.11 Å². The van der Waals surface area contributed by atoms with Gasteiger partial charge in [0, 0.05) is 0 Å². The summed E-state index contributed by atoms with van der Waals surface area (Å²) in [5.41, 5.74) is 8.07. The minimum absolute atomic E-state index is 0.225. The predicted molar refractivity (Wildman–Crippen MR) is 116 cm³/mol. The average molecular weight is 420 g/mol. The van der Waals surface area contributed by atoms with E-state index in [0.29, 0.717) is 46.0 Å². The van der Waals surface area contributed by atoms with Crippen molar-refractivity contribution in [3.63, 3.8) is 0 Å². The van der Waals surface area contributed by atoms with Crippen molar-refractivity contribution in [2.24, 2.45) is 5.73 Å². The maximum atomic E-state index is 13.1. The zero-order valence-electron chi connectivity index (χ0n) is 16.8. The lowest BCUT2D eigenvalue weighted by atomic mass is 10.1. The van der Waals surface area contributed by atoms with Gasteiger partial charge in [-0.05, 0) is 48.0 Å². The van der Waals surface area contributed by atoms with Gasteiger partial charge < -0.3 is 20.2 Å². The lowest BCUT2D eigenvalue weighted by Crippen LogP contribution is -2.23. The number of hydrogen-bond acceptors (Lipinski definition) is 5. The Kier molecular flexibility index (Phi) is 5.81. The van der Waals surface area contributed by atoms with Crippen LogP contribution in [-0.4, -0.2) is 23.2 Å². The number of carbonyl (C=O) groups excluding carboxylic acids is 1. The predicted octanol–water partition coefficient (Wildman–Crippen LogP) is 3.86. The number of furan rings is 1. The minimum Gasteiger partial charge on any atom is -0.495 e. The van der Waals surface area contributed by atoms with E-state index < -0.39 is 0 Å². The first-order valence-corrected chi connectivity index (χ1v) is 9.63. The Morgan fingerprint density at radius 2 is 1.94 bits per heavy atom. The number of H-pyrrole nitrogens is 1. The summed E-state index contributed by atoms with van der Waals surface area (Å²) >= 11 is 0. The number of rotatable bonds is 7. The smallest absolute Gasteiger partial charge is 0.255 e. The fraction of sp³-hybridized carbons (Fsp3) is 0.130. The third-order valence-corrected chi connectivity index (χ3v) is 4.80. The van der Waals surface area contributed by atoms with Crippen LogP contribution in [0.4, 0.5) is 4.39 Å². The fourth-order valence-electron chi connectivity index (χ4n) is 3.26. The number of nitrogens with two attached hydrogens (primary N) is 1. The van der Waals surface area contributed by atoms with Gasteiger partial charge in [0.1, 0.15) is 23.1 Å². The Morgan fingerprint density at radius 3 is 2.65 bits per heavy atom. The second kappa shape index (κ2) is 8.85. The Balaban J connectivity index is 1.61. The quantitative estimate of drug-likeness (QED) is 0.421. The molecule has 0 aliphatic carbocycles. The zero-order chi connectivity index (χ0) is 21.8. The molecule has 0 radical (unpaired) electrons. The molecule has 158 valence electrons. The molecule has 0 aliphatic rings. The number of fused-ring (bicyclic) bond motifs is 1. The summed E-state index contributed by atoms with van der Waals surface area (Å²) < 4.78 is 24.2. The van der Waals surface area contributed by atoms with Gasteiger partial charge in [-0.15, -0.1) is 0 Å². The summed E-state index contributed by atoms with van der Waals surface area (Å²) in [5.74, 6) is 1.07. The van der Waals surface area contributed by atoms with Gasteiger partial charge in [0.15, 0.2) is 0 Å². The number of halogens is 1. The van der Waals surface area contributed by atoms with E-state index in [4.69, 9.17) is 14.9 Å². The Bertz CT molecular complexity index is 1240. The van der Waals surface area contributed by atoms with Crippen LogP contribution in [0, 0.1) is 5.82 Å². The zero-order valence-corrected chi connectivity index (χ0v) is 16.8. The second-order valence-corrected chi connectivity index (χ2v) is 6.82. The SMILES string of the molecule is COc1c(C(=O)NCc2ccc(CN)o2)ccc2n[nH]c(/C=C/c3ccc(F)cc3)c12. The molecule has 0 bridgehead atoms. The van der Waals surface area contributed by atoms with Crippen molar-refractivity contribution in [3.05, 3.63) is 82.7 Å². The first kappa shape index (κ1) is 20.4. The largest absolute Gasteiger partial charge is 0.495 e. The van der Waals surface area contributed by atoms with Gasteiger partial charge in [-0.1, -0.05) is 18.2 Å². The highest BCUT2D eigenvalue weighted by atomic mass is 19.1. The van der Waals surface area contributed by atoms with Crippen LogP contribution < -0.4 is 15.8 Å². The molecule has 7 nitrogen and oxygen atoms in total. The normalized spacial score (nSPS) is 11.3. The maximum absolute atomic E-state index is 13.1. The number of aromatic nitrogens is 2. The van der Waals surface area contributed by atoms with Gasteiger partial charge in [-0.2, -0.15) is 5.10 Å². The van der Waals surface area contributed by atoms with Crippen molar-refractivity contribution in [1.82, 2.24) is 15.5 Å². The van der Waals surface area contributed by atoms with E-state index >= 15 is 0 Å². The molecule has 4 aromatic rings. The van der Waals surface area contributed by atoms with Gasteiger partial charge in [0.05, 0.1) is 42.4 Å². The van der Waals surface area contributed by atoms with Crippen LogP contribution in [-0.2, 0) is 13.1 Å². The maximum Gasteiger partial charge on any atom is 0.255 e. The highest BCUT2D eigenvalue weighted by Crippen LogP contribution is 2.32. The number of aromatic amines is 1. The molecular weight excluding hydrogens is 399 g/mol. The highest BCUT2D eigenvalue weighted by molar-refractivity contribution is 6.05. The number of nitrogens with zero attached hydrogens (tertiary/aromatic N) is 1. The molecule has 0 atom stereocenters. The van der Waals surface area contributed by atoms with Crippen LogP contribution in [0.25, 0.3) is 23.1 Å². The van der Waals surface area contributed by atoms with Gasteiger partial charge in [-0.3, -0.25) is 9.89 Å². The Hall–Kier alpha value is -3.91. The molecule has 1 amide bonds. The lowest BCUT2D eigenvalue weighted by molar-refractivity contribution is 0.0945. The van der Waals surface area contributed by atoms with E-state index in [-0.39, 0.29) is 18.3 Å². The van der Waals surface area contributed by atoms with E-state index in [9.17, 15) is 9.18 Å². The number of carbonyl (C=O) groups is 1. The van der Waals surface area contributed by atoms with E-state index in [0.717, 1.165) is 5.56 Å². The monoisotopic (exact) mass is 420 g/mol. The number of amides is 1. The second-order valence-electron chi connectivity index (χ2n) is 6.82. The van der Waals surface area contributed by atoms with E-state index in [1.165, 1.54) is 19.2 Å². The molecule has 0 unspecified atom stereocenters. The topological polar surface area (TPSA) is 106 Å². The van der Waals surface area contributed by atoms with E-state index in [1.54, 1.807) is 36.4 Å². The summed E-state index contributed by atoms with van der Waals surface area (Å²) in [6.07, 6.45) is 3.63. The van der Waals surface area contributed by atoms with Crippen LogP contribution in [0.5, 0.6) is 5.75 Å². The standard InChI is InChI=1S/C23H21FN4O3/c1-30-22-18(23(29)26-13-17-8-7-16(12-25)31-17)9-11-20-21(22)19(27-28-20)10-4-14-2-5-15(24)6-3-14/h2-11H,12-13,25H2,1H3,(H,26,29)(H,27,28)/b10-4+. The van der Waals surface area contributed by atoms with Crippen molar-refractivity contribution in [1.29, 1.82) is 0 Å². The molecule has 0 saturated heterocycles. The third-order valence-electron chi connectivity index (χ3n) is 4.80. The molecule has 2 aromatic heterocycles. The number of ether oxygens (including phenoxy) is 1. The van der Waals surface area contributed by atoms with Crippen molar-refractivity contribution >= 4 is 29.0 Å². The van der Waals surface area contributed by atoms with Gasteiger partial charge >= 0.3 is 0 Å². The molecule has 2 heterocycles. The van der Waals surface area contributed by atoms with Crippen LogP contribution in [0.1, 0.15) is 33.1 Å². The molecular formula is C23H21FN4O3. The van der Waals surface area contributed by atoms with Crippen LogP contribution >= 0.6 is 0 Å². The van der Waals surface area contributed by atoms with Crippen molar-refractivity contribution < 1.29 is 18.3 Å². The van der Waals surface area contributed by atoms with Crippen LogP contribution in [0.2, 0.25) is 0 Å². The van der Waals surface area contributed by atoms with E-state index in [2.05, 4.69) is 15.5 Å². The molecule has 0 spiro atoms. The molecule has 4 rings (SSSR count). The number of benzene rings is 2. The fourth-order valence-corrected chi connectivity index (χ4v) is 3.26. The molecule has 0 aliphatic heterocycles. The Labute approximate surface area is 177 Å². The molecule has 31 heavy (non-hydrogen) atoms. The molecule has 0 saturated carbocycles. The average Bonchev–Trinajstić information content (AvgIpc) is 3.43. The summed E-state index contributed by atoms with van der Waals surface area (Å²) in [7, 11) is 1.51. The lowest BCUT2D eigenvalue weighted by Gasteiger charge is -2.10. The van der Waals surface area contributed by atoms with Gasteiger partial charge in [0.25, 0.3) is 5.91 Å². The van der Waals surface area contributed by atoms with Crippen LogP contribution in [0.15, 0.2) is 52.9 Å². The molecule has 2 aromatic carbocycles. The highest BCUT2D eigenvalue weighted by Gasteiger charge is 2.19. The first-order valence-electron chi connectivity index (χ1n) is 9.63. The summed E-state index contributed by atoms with van der Waals surface area (Å²) in [5, 5.41) is 10.7. The number of methoxy groups -OCH3 is 1. The summed E-state index contributed by atoms with van der Waals surface area (Å²) in [6, 6.07) is 13.1. The molecule has 8 heteroatoms. The minimum atomic E-state index is -0.306. The number of hydrogen-bond donors (Lipinski definition) is 3. The molecule has 0 fully saturated rings.